The molecule has 2 aromatic heterocycles. The van der Waals surface area contributed by atoms with Gasteiger partial charge in [0.05, 0.1) is 5.52 Å². The molecule has 6 nitrogen and oxygen atoms in total. The Morgan fingerprint density at radius 3 is 2.59 bits per heavy atom. The number of ether oxygens (including phenoxy) is 1. The topological polar surface area (TPSA) is 55.6 Å². The highest BCUT2D eigenvalue weighted by Gasteiger charge is 2.12. The number of para-hydroxylation sites is 1. The van der Waals surface area contributed by atoms with E-state index in [0.717, 1.165) is 46.8 Å². The Morgan fingerprint density at radius 2 is 1.74 bits per heavy atom. The van der Waals surface area contributed by atoms with Crippen molar-refractivity contribution in [2.45, 2.75) is 12.8 Å². The first-order chi connectivity index (χ1) is 13.4. The Kier molecular flexibility index (Phi) is 4.18. The van der Waals surface area contributed by atoms with Crippen LogP contribution < -0.4 is 4.74 Å². The first-order valence-corrected chi connectivity index (χ1v) is 9.42. The zero-order chi connectivity index (χ0) is 18.1. The SMILES string of the molecule is c1ccc2c(c1)ncn1c(-c3ccc(OCCN4CCCC4)cc3)nnc21. The van der Waals surface area contributed by atoms with Crippen LogP contribution in [0.15, 0.2) is 54.9 Å². The van der Waals surface area contributed by atoms with Crippen LogP contribution in [-0.4, -0.2) is 50.7 Å². The fourth-order valence-corrected chi connectivity index (χ4v) is 3.68. The van der Waals surface area contributed by atoms with E-state index in [9.17, 15) is 0 Å². The van der Waals surface area contributed by atoms with Crippen molar-refractivity contribution in [3.8, 4) is 17.1 Å². The Hall–Kier alpha value is -2.99. The highest BCUT2D eigenvalue weighted by Crippen LogP contribution is 2.24. The van der Waals surface area contributed by atoms with Crippen molar-refractivity contribution in [2.75, 3.05) is 26.2 Å². The Labute approximate surface area is 157 Å². The number of nitrogens with zero attached hydrogens (tertiary/aromatic N) is 5. The second-order valence-corrected chi connectivity index (χ2v) is 6.90. The molecule has 0 spiro atoms. The summed E-state index contributed by atoms with van der Waals surface area (Å²) in [5, 5.41) is 9.76. The van der Waals surface area contributed by atoms with E-state index in [0.29, 0.717) is 0 Å². The number of aromatic nitrogens is 4. The molecule has 136 valence electrons. The number of hydrogen-bond donors (Lipinski definition) is 0. The molecule has 1 saturated heterocycles. The van der Waals surface area contributed by atoms with Gasteiger partial charge in [-0.2, -0.15) is 0 Å². The van der Waals surface area contributed by atoms with Gasteiger partial charge in [0.2, 0.25) is 0 Å². The zero-order valence-electron chi connectivity index (χ0n) is 15.1. The molecule has 0 N–H and O–H groups in total. The minimum absolute atomic E-state index is 0.725. The molecule has 2 aromatic carbocycles. The number of rotatable bonds is 5. The molecule has 27 heavy (non-hydrogen) atoms. The molecule has 0 atom stereocenters. The lowest BCUT2D eigenvalue weighted by atomic mass is 10.2. The maximum Gasteiger partial charge on any atom is 0.171 e. The Bertz CT molecular complexity index is 1070. The molecule has 0 bridgehead atoms. The summed E-state index contributed by atoms with van der Waals surface area (Å²) in [6.07, 6.45) is 4.41. The van der Waals surface area contributed by atoms with E-state index < -0.39 is 0 Å². The van der Waals surface area contributed by atoms with Crippen LogP contribution in [0.5, 0.6) is 5.75 Å². The van der Waals surface area contributed by atoms with Gasteiger partial charge < -0.3 is 4.74 Å². The van der Waals surface area contributed by atoms with Crippen molar-refractivity contribution in [2.24, 2.45) is 0 Å². The predicted molar refractivity (Wildman–Crippen MR) is 105 cm³/mol. The van der Waals surface area contributed by atoms with Gasteiger partial charge in [0, 0.05) is 17.5 Å². The van der Waals surface area contributed by atoms with Gasteiger partial charge in [0.25, 0.3) is 0 Å². The molecule has 1 aliphatic heterocycles. The van der Waals surface area contributed by atoms with Crippen LogP contribution in [0.3, 0.4) is 0 Å². The summed E-state index contributed by atoms with van der Waals surface area (Å²) in [7, 11) is 0. The second-order valence-electron chi connectivity index (χ2n) is 6.90. The number of likely N-dealkylation sites (tertiary alicyclic amines) is 1. The first kappa shape index (κ1) is 16.2. The lowest BCUT2D eigenvalue weighted by Gasteiger charge is -2.14. The van der Waals surface area contributed by atoms with Gasteiger partial charge in [0.1, 0.15) is 18.7 Å². The minimum atomic E-state index is 0.725. The van der Waals surface area contributed by atoms with E-state index in [1.54, 1.807) is 6.33 Å². The summed E-state index contributed by atoms with van der Waals surface area (Å²) in [6, 6.07) is 16.0. The van der Waals surface area contributed by atoms with Crippen molar-refractivity contribution in [1.82, 2.24) is 24.5 Å². The molecule has 4 aromatic rings. The lowest BCUT2D eigenvalue weighted by Crippen LogP contribution is -2.25. The highest BCUT2D eigenvalue weighted by atomic mass is 16.5. The van der Waals surface area contributed by atoms with Gasteiger partial charge in [-0.1, -0.05) is 12.1 Å². The van der Waals surface area contributed by atoms with E-state index in [-0.39, 0.29) is 0 Å². The fourth-order valence-electron chi connectivity index (χ4n) is 3.68. The number of fused-ring (bicyclic) bond motifs is 3. The van der Waals surface area contributed by atoms with Crippen LogP contribution in [-0.2, 0) is 0 Å². The molecule has 3 heterocycles. The van der Waals surface area contributed by atoms with Gasteiger partial charge in [-0.3, -0.25) is 9.30 Å². The Balaban J connectivity index is 1.36. The minimum Gasteiger partial charge on any atom is -0.492 e. The van der Waals surface area contributed by atoms with Gasteiger partial charge in [0.15, 0.2) is 11.5 Å². The van der Waals surface area contributed by atoms with Gasteiger partial charge >= 0.3 is 0 Å². The van der Waals surface area contributed by atoms with Crippen molar-refractivity contribution in [1.29, 1.82) is 0 Å². The van der Waals surface area contributed by atoms with E-state index in [1.165, 1.54) is 25.9 Å². The standard InChI is InChI=1S/C21H21N5O/c1-2-6-19-18(5-1)21-24-23-20(26(21)15-22-19)16-7-9-17(10-8-16)27-14-13-25-11-3-4-12-25/h1-2,5-10,15H,3-4,11-14H2. The fraction of sp³-hybridized carbons (Fsp3) is 0.286. The summed E-state index contributed by atoms with van der Waals surface area (Å²) in [4.78, 5) is 6.97. The molecule has 0 aliphatic carbocycles. The average molecular weight is 359 g/mol. The van der Waals surface area contributed by atoms with Crippen LogP contribution >= 0.6 is 0 Å². The average Bonchev–Trinajstić information content (AvgIpc) is 3.38. The second kappa shape index (κ2) is 6.96. The molecule has 0 saturated carbocycles. The van der Waals surface area contributed by atoms with Crippen LogP contribution in [0.1, 0.15) is 12.8 Å². The van der Waals surface area contributed by atoms with Crippen LogP contribution in [0.25, 0.3) is 27.9 Å². The monoisotopic (exact) mass is 359 g/mol. The number of hydrogen-bond acceptors (Lipinski definition) is 5. The van der Waals surface area contributed by atoms with Crippen LogP contribution in [0, 0.1) is 0 Å². The summed E-state index contributed by atoms with van der Waals surface area (Å²) in [5.41, 5.74) is 2.73. The lowest BCUT2D eigenvalue weighted by molar-refractivity contribution is 0.238. The van der Waals surface area contributed by atoms with Crippen molar-refractivity contribution < 1.29 is 4.74 Å². The molecule has 5 rings (SSSR count). The van der Waals surface area contributed by atoms with Gasteiger partial charge in [-0.25, -0.2) is 4.98 Å². The first-order valence-electron chi connectivity index (χ1n) is 9.42. The number of benzene rings is 2. The largest absolute Gasteiger partial charge is 0.492 e. The van der Waals surface area contributed by atoms with Crippen molar-refractivity contribution >= 4 is 16.6 Å². The predicted octanol–water partition coefficient (Wildman–Crippen LogP) is 3.42. The van der Waals surface area contributed by atoms with Crippen LogP contribution in [0.2, 0.25) is 0 Å². The summed E-state index contributed by atoms with van der Waals surface area (Å²) >= 11 is 0. The highest BCUT2D eigenvalue weighted by molar-refractivity contribution is 5.91. The molecule has 0 radical (unpaired) electrons. The molecule has 1 aliphatic rings. The zero-order valence-corrected chi connectivity index (χ0v) is 15.1. The smallest absolute Gasteiger partial charge is 0.171 e. The molecular formula is C21H21N5O. The van der Waals surface area contributed by atoms with Crippen LogP contribution in [0.4, 0.5) is 0 Å². The van der Waals surface area contributed by atoms with Crippen molar-refractivity contribution in [3.05, 3.63) is 54.9 Å². The van der Waals surface area contributed by atoms with Gasteiger partial charge in [-0.15, -0.1) is 10.2 Å². The quantitative estimate of drug-likeness (QED) is 0.546. The maximum absolute atomic E-state index is 5.89. The maximum atomic E-state index is 5.89. The normalized spacial score (nSPS) is 15.0. The van der Waals surface area contributed by atoms with E-state index in [4.69, 9.17) is 4.74 Å². The molecule has 1 fully saturated rings. The summed E-state index contributed by atoms with van der Waals surface area (Å²) in [6.45, 7) is 4.12. The van der Waals surface area contributed by atoms with E-state index >= 15 is 0 Å². The summed E-state index contributed by atoms with van der Waals surface area (Å²) < 4.78 is 7.82. The molecule has 0 amide bonds. The Morgan fingerprint density at radius 1 is 0.926 bits per heavy atom. The third-order valence-electron chi connectivity index (χ3n) is 5.14. The third kappa shape index (κ3) is 3.13. The summed E-state index contributed by atoms with van der Waals surface area (Å²) in [5.74, 6) is 1.67. The van der Waals surface area contributed by atoms with E-state index in [1.807, 2.05) is 52.9 Å². The van der Waals surface area contributed by atoms with Gasteiger partial charge in [-0.05, 0) is 62.3 Å². The van der Waals surface area contributed by atoms with E-state index in [2.05, 4.69) is 20.1 Å². The third-order valence-corrected chi connectivity index (χ3v) is 5.14. The molecule has 6 heteroatoms. The molecular weight excluding hydrogens is 338 g/mol. The molecule has 0 unspecified atom stereocenters. The van der Waals surface area contributed by atoms with Crippen molar-refractivity contribution in [3.63, 3.8) is 0 Å².